The first kappa shape index (κ1) is 21.2. The Balaban J connectivity index is 1.69. The van der Waals surface area contributed by atoms with Gasteiger partial charge in [0.2, 0.25) is 0 Å². The largest absolute Gasteiger partial charge is 0.361 e. The molecule has 1 fully saturated rings. The van der Waals surface area contributed by atoms with Crippen LogP contribution in [0.25, 0.3) is 10.9 Å². The van der Waals surface area contributed by atoms with Crippen molar-refractivity contribution in [2.24, 2.45) is 0 Å². The molecule has 0 spiro atoms. The van der Waals surface area contributed by atoms with Gasteiger partial charge in [-0.05, 0) is 68.3 Å². The zero-order valence-electron chi connectivity index (χ0n) is 19.3. The van der Waals surface area contributed by atoms with Gasteiger partial charge >= 0.3 is 6.03 Å². The van der Waals surface area contributed by atoms with Crippen LogP contribution in [0, 0.1) is 0 Å². The van der Waals surface area contributed by atoms with Gasteiger partial charge in [0.05, 0.1) is 0 Å². The van der Waals surface area contributed by atoms with Gasteiger partial charge in [-0.25, -0.2) is 4.79 Å². The highest BCUT2D eigenvalue weighted by atomic mass is 16.2. The number of nitrogens with zero attached hydrogens (tertiary/aromatic N) is 2. The maximum Gasteiger partial charge on any atom is 0.317 e. The summed E-state index contributed by atoms with van der Waals surface area (Å²) in [5, 5.41) is 4.80. The topological polar surface area (TPSA) is 51.4 Å². The molecule has 164 valence electrons. The van der Waals surface area contributed by atoms with Gasteiger partial charge in [0, 0.05) is 54.7 Å². The number of hydrogen-bond acceptors (Lipinski definition) is 2. The molecule has 0 saturated carbocycles. The zero-order chi connectivity index (χ0) is 21.4. The van der Waals surface area contributed by atoms with Crippen molar-refractivity contribution in [3.05, 3.63) is 35.0 Å². The van der Waals surface area contributed by atoms with Gasteiger partial charge in [-0.3, -0.25) is 4.90 Å². The van der Waals surface area contributed by atoms with Crippen molar-refractivity contribution in [1.82, 2.24) is 20.1 Å². The summed E-state index contributed by atoms with van der Waals surface area (Å²) in [6, 6.07) is 5.60. The van der Waals surface area contributed by atoms with Crippen molar-refractivity contribution < 1.29 is 4.79 Å². The summed E-state index contributed by atoms with van der Waals surface area (Å²) >= 11 is 0. The molecule has 2 heterocycles. The molecule has 2 aliphatic rings. The van der Waals surface area contributed by atoms with Gasteiger partial charge < -0.3 is 15.2 Å². The Morgan fingerprint density at radius 2 is 2.03 bits per heavy atom. The van der Waals surface area contributed by atoms with E-state index >= 15 is 0 Å². The Kier molecular flexibility index (Phi) is 6.10. The number of piperidine rings is 1. The Morgan fingerprint density at radius 3 is 2.70 bits per heavy atom. The number of carbonyl (C=O) groups excluding carboxylic acids is 1. The number of nitrogens with one attached hydrogen (secondary N) is 2. The lowest BCUT2D eigenvalue weighted by Gasteiger charge is -2.47. The quantitative estimate of drug-likeness (QED) is 0.716. The van der Waals surface area contributed by atoms with Crippen molar-refractivity contribution >= 4 is 16.9 Å². The second kappa shape index (κ2) is 8.62. The number of fused-ring (bicyclic) bond motifs is 2. The van der Waals surface area contributed by atoms with E-state index in [9.17, 15) is 4.79 Å². The standard InChI is InChI=1S/C25H38N4O/c1-6-9-29-15-19(27-25(30)28(7-2)8-3)13-20-21-10-17(16(4)5)11-22-24(21)18(14-26-22)12-23(20)29/h10-11,14,16,19-20,23,26H,6-9,12-13,15H2,1-5H3,(H,27,30)/t19-,20+,23+/m0/s1. The molecule has 1 saturated heterocycles. The molecule has 2 aromatic rings. The molecule has 0 bridgehead atoms. The van der Waals surface area contributed by atoms with Gasteiger partial charge in [-0.15, -0.1) is 0 Å². The molecule has 0 radical (unpaired) electrons. The van der Waals surface area contributed by atoms with Crippen molar-refractivity contribution in [1.29, 1.82) is 0 Å². The highest BCUT2D eigenvalue weighted by Crippen LogP contribution is 2.44. The number of benzene rings is 1. The van der Waals surface area contributed by atoms with Crippen LogP contribution in [0.2, 0.25) is 0 Å². The van der Waals surface area contributed by atoms with E-state index in [0.29, 0.717) is 17.9 Å². The fourth-order valence-electron chi connectivity index (χ4n) is 5.65. The van der Waals surface area contributed by atoms with E-state index in [1.54, 1.807) is 0 Å². The maximum atomic E-state index is 12.8. The molecule has 2 amide bonds. The molecule has 1 aliphatic heterocycles. The van der Waals surface area contributed by atoms with Crippen LogP contribution in [0.4, 0.5) is 4.79 Å². The first-order chi connectivity index (χ1) is 14.5. The number of rotatable bonds is 6. The van der Waals surface area contributed by atoms with Crippen molar-refractivity contribution in [3.8, 4) is 0 Å². The second-order valence-electron chi connectivity index (χ2n) is 9.43. The maximum absolute atomic E-state index is 12.8. The number of H-pyrrole nitrogens is 1. The average molecular weight is 411 g/mol. The van der Waals surface area contributed by atoms with Crippen molar-refractivity contribution in [3.63, 3.8) is 0 Å². The Hall–Kier alpha value is -2.01. The summed E-state index contributed by atoms with van der Waals surface area (Å²) in [5.41, 5.74) is 5.64. The van der Waals surface area contributed by atoms with Crippen molar-refractivity contribution in [2.75, 3.05) is 26.2 Å². The zero-order valence-corrected chi connectivity index (χ0v) is 19.3. The highest BCUT2D eigenvalue weighted by molar-refractivity contribution is 5.89. The van der Waals surface area contributed by atoms with Gasteiger partial charge in [-0.2, -0.15) is 0 Å². The summed E-state index contributed by atoms with van der Waals surface area (Å²) in [7, 11) is 0. The fraction of sp³-hybridized carbons (Fsp3) is 0.640. The van der Waals surface area contributed by atoms with Crippen LogP contribution < -0.4 is 5.32 Å². The molecule has 5 heteroatoms. The predicted molar refractivity (Wildman–Crippen MR) is 124 cm³/mol. The highest BCUT2D eigenvalue weighted by Gasteiger charge is 2.41. The Morgan fingerprint density at radius 1 is 1.27 bits per heavy atom. The predicted octanol–water partition coefficient (Wildman–Crippen LogP) is 4.84. The van der Waals surface area contributed by atoms with Crippen LogP contribution in [0.1, 0.15) is 76.0 Å². The van der Waals surface area contributed by atoms with Gasteiger partial charge in [0.15, 0.2) is 0 Å². The molecule has 5 nitrogen and oxygen atoms in total. The first-order valence-electron chi connectivity index (χ1n) is 11.9. The number of aromatic amines is 1. The summed E-state index contributed by atoms with van der Waals surface area (Å²) in [4.78, 5) is 20.9. The van der Waals surface area contributed by atoms with Crippen LogP contribution in [0.5, 0.6) is 0 Å². The number of likely N-dealkylation sites (tertiary alicyclic amines) is 1. The first-order valence-corrected chi connectivity index (χ1v) is 11.9. The minimum Gasteiger partial charge on any atom is -0.361 e. The monoisotopic (exact) mass is 410 g/mol. The van der Waals surface area contributed by atoms with E-state index < -0.39 is 0 Å². The number of urea groups is 1. The molecular formula is C25H38N4O. The Bertz CT molecular complexity index is 898. The third kappa shape index (κ3) is 3.73. The summed E-state index contributed by atoms with van der Waals surface area (Å²) in [5.74, 6) is 0.975. The third-order valence-electron chi connectivity index (χ3n) is 7.23. The minimum absolute atomic E-state index is 0.0825. The number of hydrogen-bond donors (Lipinski definition) is 2. The lowest BCUT2D eigenvalue weighted by Crippen LogP contribution is -2.57. The molecule has 30 heavy (non-hydrogen) atoms. The van der Waals surface area contributed by atoms with Gasteiger partial charge in [0.25, 0.3) is 0 Å². The van der Waals surface area contributed by atoms with Gasteiger partial charge in [0.1, 0.15) is 0 Å². The summed E-state index contributed by atoms with van der Waals surface area (Å²) in [6.07, 6.45) is 5.50. The number of carbonyl (C=O) groups is 1. The molecule has 1 aliphatic carbocycles. The van der Waals surface area contributed by atoms with Gasteiger partial charge in [-0.1, -0.05) is 26.8 Å². The summed E-state index contributed by atoms with van der Waals surface area (Å²) in [6.45, 7) is 14.5. The smallest absolute Gasteiger partial charge is 0.317 e. The van der Waals surface area contributed by atoms with Crippen LogP contribution in [-0.2, 0) is 6.42 Å². The van der Waals surface area contributed by atoms with Crippen LogP contribution >= 0.6 is 0 Å². The second-order valence-corrected chi connectivity index (χ2v) is 9.43. The van der Waals surface area contributed by atoms with E-state index in [1.165, 1.54) is 27.6 Å². The average Bonchev–Trinajstić information content (AvgIpc) is 3.13. The van der Waals surface area contributed by atoms with E-state index in [2.05, 4.69) is 54.3 Å². The van der Waals surface area contributed by atoms with Crippen LogP contribution in [0.3, 0.4) is 0 Å². The van der Waals surface area contributed by atoms with E-state index in [0.717, 1.165) is 45.4 Å². The van der Waals surface area contributed by atoms with Crippen LogP contribution in [-0.4, -0.2) is 59.1 Å². The minimum atomic E-state index is 0.0825. The lowest BCUT2D eigenvalue weighted by atomic mass is 9.73. The molecular weight excluding hydrogens is 372 g/mol. The molecule has 1 aromatic heterocycles. The fourth-order valence-corrected chi connectivity index (χ4v) is 5.65. The van der Waals surface area contributed by atoms with Crippen molar-refractivity contribution in [2.45, 2.75) is 77.8 Å². The van der Waals surface area contributed by atoms with Crippen LogP contribution in [0.15, 0.2) is 18.3 Å². The van der Waals surface area contributed by atoms with E-state index in [-0.39, 0.29) is 12.1 Å². The van der Waals surface area contributed by atoms with E-state index in [4.69, 9.17) is 0 Å². The molecule has 3 atom stereocenters. The Labute approximate surface area is 181 Å². The summed E-state index contributed by atoms with van der Waals surface area (Å²) < 4.78 is 0. The SMILES string of the molecule is CCCN1C[C@@H](NC(=O)N(CC)CC)C[C@@H]2c3cc(C(C)C)cc4[nH]cc(c34)C[C@H]21. The number of amides is 2. The number of aromatic nitrogens is 1. The molecule has 0 unspecified atom stereocenters. The third-order valence-corrected chi connectivity index (χ3v) is 7.23. The molecule has 2 N–H and O–H groups in total. The lowest BCUT2D eigenvalue weighted by molar-refractivity contribution is 0.0979. The molecule has 4 rings (SSSR count). The van der Waals surface area contributed by atoms with E-state index in [1.807, 2.05) is 18.7 Å². The molecule has 1 aromatic carbocycles. The normalized spacial score (nSPS) is 23.6.